The van der Waals surface area contributed by atoms with Gasteiger partial charge in [0.15, 0.2) is 0 Å². The molecule has 0 saturated carbocycles. The fourth-order valence-electron chi connectivity index (χ4n) is 2.77. The molecule has 3 N–H and O–H groups in total. The lowest BCUT2D eigenvalue weighted by atomic mass is 9.99. The van der Waals surface area contributed by atoms with Crippen molar-refractivity contribution in [1.82, 2.24) is 0 Å². The van der Waals surface area contributed by atoms with Gasteiger partial charge in [-0.25, -0.2) is 0 Å². The number of anilines is 1. The summed E-state index contributed by atoms with van der Waals surface area (Å²) in [6.07, 6.45) is 0. The fraction of sp³-hybridized carbons (Fsp3) is 0.300. The lowest BCUT2D eigenvalue weighted by molar-refractivity contribution is -0.134. The maximum atomic E-state index is 9.00. The van der Waals surface area contributed by atoms with Gasteiger partial charge in [-0.2, -0.15) is 0 Å². The number of hydrogen-bond acceptors (Lipinski definition) is 5. The van der Waals surface area contributed by atoms with E-state index in [4.69, 9.17) is 25.7 Å². The van der Waals surface area contributed by atoms with E-state index < -0.39 is 5.97 Å². The number of fused-ring (bicyclic) bond motifs is 1. The summed E-state index contributed by atoms with van der Waals surface area (Å²) in [6, 6.07) is 8.34. The van der Waals surface area contributed by atoms with Crippen LogP contribution in [0, 0.1) is 31.6 Å². The van der Waals surface area contributed by atoms with Gasteiger partial charge in [-0.15, -0.1) is 11.3 Å². The minimum atomic E-state index is -0.833. The molecule has 1 aliphatic heterocycles. The number of carboxylic acid groups (broad SMARTS) is 1. The number of aliphatic imine (C=N–C) groups is 1. The molecule has 7 heteroatoms. The molecule has 0 bridgehead atoms. The highest BCUT2D eigenvalue weighted by molar-refractivity contribution is 7.17. The lowest BCUT2D eigenvalue weighted by Gasteiger charge is -2.21. The van der Waals surface area contributed by atoms with Crippen molar-refractivity contribution >= 4 is 39.7 Å². The van der Waals surface area contributed by atoms with Gasteiger partial charge in [0.2, 0.25) is 0 Å². The SMILES string of the molecule is CC(=N)N1C(=N)CN=C(c2ccc(C)cc2)c2c1sc(C)c2C.CC(=O)O. The monoisotopic (exact) mass is 384 g/mol. The quantitative estimate of drug-likeness (QED) is 0.502. The van der Waals surface area contributed by atoms with Crippen LogP contribution in [0.15, 0.2) is 29.3 Å². The van der Waals surface area contributed by atoms with Crippen LogP contribution < -0.4 is 4.90 Å². The zero-order chi connectivity index (χ0) is 20.3. The van der Waals surface area contributed by atoms with Gasteiger partial charge in [0.05, 0.1) is 12.3 Å². The minimum absolute atomic E-state index is 0.291. The largest absolute Gasteiger partial charge is 0.481 e. The molecular formula is C20H24N4O2S. The normalized spacial score (nSPS) is 13.1. The van der Waals surface area contributed by atoms with Gasteiger partial charge in [-0.3, -0.25) is 25.5 Å². The molecule has 1 aromatic carbocycles. The third-order valence-electron chi connectivity index (χ3n) is 4.12. The van der Waals surface area contributed by atoms with Gasteiger partial charge in [-0.05, 0) is 33.3 Å². The van der Waals surface area contributed by atoms with Crippen molar-refractivity contribution in [2.24, 2.45) is 4.99 Å². The number of amidine groups is 2. The van der Waals surface area contributed by atoms with Crippen molar-refractivity contribution in [2.75, 3.05) is 11.4 Å². The predicted octanol–water partition coefficient (Wildman–Crippen LogP) is 4.40. The van der Waals surface area contributed by atoms with Crippen LogP contribution in [0.1, 0.15) is 41.0 Å². The topological polar surface area (TPSA) is 101 Å². The highest BCUT2D eigenvalue weighted by Crippen LogP contribution is 2.38. The Morgan fingerprint density at radius 3 is 2.26 bits per heavy atom. The summed E-state index contributed by atoms with van der Waals surface area (Å²) < 4.78 is 0. The van der Waals surface area contributed by atoms with E-state index in [1.54, 1.807) is 23.2 Å². The van der Waals surface area contributed by atoms with Crippen molar-refractivity contribution in [1.29, 1.82) is 10.8 Å². The van der Waals surface area contributed by atoms with Crippen molar-refractivity contribution in [2.45, 2.75) is 34.6 Å². The Balaban J connectivity index is 0.000000596. The van der Waals surface area contributed by atoms with Gasteiger partial charge in [-0.1, -0.05) is 29.8 Å². The minimum Gasteiger partial charge on any atom is -0.481 e. The number of nitrogens with one attached hydrogen (secondary N) is 2. The van der Waals surface area contributed by atoms with Crippen LogP contribution >= 0.6 is 11.3 Å². The zero-order valence-corrected chi connectivity index (χ0v) is 17.0. The first-order chi connectivity index (χ1) is 12.6. The molecule has 2 heterocycles. The third kappa shape index (κ3) is 4.49. The molecule has 1 aromatic heterocycles. The molecule has 0 unspecified atom stereocenters. The molecular weight excluding hydrogens is 360 g/mol. The van der Waals surface area contributed by atoms with Gasteiger partial charge < -0.3 is 5.11 Å². The number of carbonyl (C=O) groups is 1. The summed E-state index contributed by atoms with van der Waals surface area (Å²) in [5.41, 5.74) is 5.45. The van der Waals surface area contributed by atoms with E-state index in [-0.39, 0.29) is 0 Å². The van der Waals surface area contributed by atoms with E-state index in [1.165, 1.54) is 16.0 Å². The maximum Gasteiger partial charge on any atom is 0.300 e. The van der Waals surface area contributed by atoms with Gasteiger partial charge >= 0.3 is 0 Å². The molecule has 0 fully saturated rings. The lowest BCUT2D eigenvalue weighted by Crippen LogP contribution is -2.35. The van der Waals surface area contributed by atoms with Crippen LogP contribution in [0.3, 0.4) is 0 Å². The Hall–Kier alpha value is -2.80. The predicted molar refractivity (Wildman–Crippen MR) is 112 cm³/mol. The number of rotatable bonds is 1. The Morgan fingerprint density at radius 1 is 1.19 bits per heavy atom. The molecule has 0 spiro atoms. The Kier molecular flexibility index (Phi) is 6.28. The molecule has 2 aromatic rings. The van der Waals surface area contributed by atoms with Crippen LogP contribution in [0.5, 0.6) is 0 Å². The Labute approximate surface area is 163 Å². The first-order valence-electron chi connectivity index (χ1n) is 8.47. The molecule has 0 aliphatic carbocycles. The molecule has 0 radical (unpaired) electrons. The number of carboxylic acids is 1. The smallest absolute Gasteiger partial charge is 0.300 e. The van der Waals surface area contributed by atoms with E-state index in [0.717, 1.165) is 28.8 Å². The Morgan fingerprint density at radius 2 is 1.74 bits per heavy atom. The van der Waals surface area contributed by atoms with Crippen LogP contribution in [0.2, 0.25) is 0 Å². The summed E-state index contributed by atoms with van der Waals surface area (Å²) >= 11 is 1.64. The number of aryl methyl sites for hydroxylation is 2. The van der Waals surface area contributed by atoms with E-state index in [9.17, 15) is 0 Å². The number of nitrogens with zero attached hydrogens (tertiary/aromatic N) is 2. The van der Waals surface area contributed by atoms with Crippen LogP contribution in [-0.2, 0) is 4.79 Å². The average molecular weight is 385 g/mol. The summed E-state index contributed by atoms with van der Waals surface area (Å²) in [5.74, 6) is -0.125. The molecule has 6 nitrogen and oxygen atoms in total. The zero-order valence-electron chi connectivity index (χ0n) is 16.2. The molecule has 3 rings (SSSR count). The molecule has 142 valence electrons. The number of thiophene rings is 1. The molecule has 0 atom stereocenters. The van der Waals surface area contributed by atoms with Gasteiger partial charge in [0.25, 0.3) is 5.97 Å². The maximum absolute atomic E-state index is 9.00. The second-order valence-electron chi connectivity index (χ2n) is 6.38. The van der Waals surface area contributed by atoms with Gasteiger partial charge in [0.1, 0.15) is 16.7 Å². The molecule has 1 aliphatic rings. The summed E-state index contributed by atoms with van der Waals surface area (Å²) in [6.45, 7) is 9.35. The highest BCUT2D eigenvalue weighted by Gasteiger charge is 2.28. The number of benzene rings is 1. The van der Waals surface area contributed by atoms with Crippen molar-refractivity contribution in [3.8, 4) is 0 Å². The van der Waals surface area contributed by atoms with Crippen LogP contribution in [0.25, 0.3) is 0 Å². The average Bonchev–Trinajstić information content (AvgIpc) is 2.75. The first-order valence-corrected chi connectivity index (χ1v) is 9.29. The summed E-state index contributed by atoms with van der Waals surface area (Å²) in [4.78, 5) is 16.6. The second-order valence-corrected chi connectivity index (χ2v) is 7.58. The van der Waals surface area contributed by atoms with E-state index in [0.29, 0.717) is 18.2 Å². The Bertz CT molecular complexity index is 922. The highest BCUT2D eigenvalue weighted by atomic mass is 32.1. The molecule has 0 saturated heterocycles. The summed E-state index contributed by atoms with van der Waals surface area (Å²) in [5, 5.41) is 24.7. The third-order valence-corrected chi connectivity index (χ3v) is 5.32. The van der Waals surface area contributed by atoms with E-state index >= 15 is 0 Å². The molecule has 27 heavy (non-hydrogen) atoms. The van der Waals surface area contributed by atoms with Crippen molar-refractivity contribution in [3.05, 3.63) is 51.4 Å². The first kappa shape index (κ1) is 20.5. The van der Waals surface area contributed by atoms with Crippen LogP contribution in [-0.4, -0.2) is 35.0 Å². The van der Waals surface area contributed by atoms with Crippen LogP contribution in [0.4, 0.5) is 5.00 Å². The fourth-order valence-corrected chi connectivity index (χ4v) is 4.01. The standard InChI is InChI=1S/C18H20N4S.C2H4O2/c1-10-5-7-14(8-6-10)17-16-11(2)12(3)23-18(16)22(13(4)19)15(20)9-21-17;1-2(3)4/h5-8,19-20H,9H2,1-4H3;1H3,(H,3,4). The number of hydrogen-bond donors (Lipinski definition) is 3. The van der Waals surface area contributed by atoms with E-state index in [1.807, 2.05) is 0 Å². The molecule has 0 amide bonds. The van der Waals surface area contributed by atoms with Crippen molar-refractivity contribution in [3.63, 3.8) is 0 Å². The van der Waals surface area contributed by atoms with E-state index in [2.05, 4.69) is 45.0 Å². The second kappa shape index (κ2) is 8.26. The summed E-state index contributed by atoms with van der Waals surface area (Å²) in [7, 11) is 0. The number of aliphatic carboxylic acids is 1. The van der Waals surface area contributed by atoms with Crippen molar-refractivity contribution < 1.29 is 9.90 Å². The van der Waals surface area contributed by atoms with Gasteiger partial charge in [0, 0.05) is 22.9 Å².